The van der Waals surface area contributed by atoms with E-state index in [1.54, 1.807) is 23.1 Å². The summed E-state index contributed by atoms with van der Waals surface area (Å²) in [5.74, 6) is 1.95. The molecule has 0 aliphatic rings. The summed E-state index contributed by atoms with van der Waals surface area (Å²) in [6, 6.07) is 9.75. The third-order valence-electron chi connectivity index (χ3n) is 3.97. The van der Waals surface area contributed by atoms with E-state index in [0.29, 0.717) is 23.2 Å². The number of rotatable bonds is 7. The number of aryl methyl sites for hydroxylation is 1. The second kappa shape index (κ2) is 8.01. The molecule has 0 aliphatic carbocycles. The Labute approximate surface area is 164 Å². The predicted octanol–water partition coefficient (Wildman–Crippen LogP) is 4.35. The number of benzene rings is 1. The number of thiazole rings is 1. The topological polar surface area (TPSA) is 89.6 Å². The lowest BCUT2D eigenvalue weighted by atomic mass is 10.1. The first-order chi connectivity index (χ1) is 13.3. The van der Waals surface area contributed by atoms with Crippen molar-refractivity contribution in [3.05, 3.63) is 53.9 Å². The maximum absolute atomic E-state index is 5.41. The zero-order valence-electron chi connectivity index (χ0n) is 14.9. The molecule has 27 heavy (non-hydrogen) atoms. The van der Waals surface area contributed by atoms with E-state index in [0.717, 1.165) is 27.4 Å². The zero-order valence-corrected chi connectivity index (χ0v) is 16.5. The van der Waals surface area contributed by atoms with Crippen LogP contribution in [0, 0.1) is 0 Å². The van der Waals surface area contributed by atoms with E-state index in [2.05, 4.69) is 37.3 Å². The fraction of sp³-hybridized carbons (Fsp3) is 0.278. The van der Waals surface area contributed by atoms with Gasteiger partial charge in [0.15, 0.2) is 15.8 Å². The smallest absolute Gasteiger partial charge is 0.226 e. The van der Waals surface area contributed by atoms with Crippen molar-refractivity contribution >= 4 is 39.3 Å². The van der Waals surface area contributed by atoms with Crippen LogP contribution in [0.25, 0.3) is 10.3 Å². The highest BCUT2D eigenvalue weighted by Gasteiger charge is 2.22. The quantitative estimate of drug-likeness (QED) is 0.460. The van der Waals surface area contributed by atoms with Crippen molar-refractivity contribution in [3.8, 4) is 0 Å². The molecule has 0 aliphatic heterocycles. The van der Waals surface area contributed by atoms with Gasteiger partial charge in [-0.3, -0.25) is 0 Å². The average molecular weight is 399 g/mol. The number of hydrogen-bond acceptors (Lipinski definition) is 9. The highest BCUT2D eigenvalue weighted by molar-refractivity contribution is 8.00. The van der Waals surface area contributed by atoms with Gasteiger partial charge in [0.2, 0.25) is 5.89 Å². The van der Waals surface area contributed by atoms with Gasteiger partial charge in [-0.1, -0.05) is 54.2 Å². The molecular formula is C18H18N6OS2. The van der Waals surface area contributed by atoms with Crippen LogP contribution in [0.5, 0.6) is 0 Å². The van der Waals surface area contributed by atoms with Gasteiger partial charge in [0.1, 0.15) is 22.9 Å². The summed E-state index contributed by atoms with van der Waals surface area (Å²) in [6.45, 7) is 2.08. The SMILES string of the molecule is CCCc1nc(C(Nc2ncnc3nc(SC)sc23)c2ccccc2)no1. The van der Waals surface area contributed by atoms with Crippen molar-refractivity contribution in [1.82, 2.24) is 25.1 Å². The molecule has 0 fully saturated rings. The maximum Gasteiger partial charge on any atom is 0.226 e. The third kappa shape index (κ3) is 3.79. The summed E-state index contributed by atoms with van der Waals surface area (Å²) in [5, 5.41) is 7.67. The molecule has 0 saturated carbocycles. The molecule has 0 radical (unpaired) electrons. The van der Waals surface area contributed by atoms with Gasteiger partial charge in [-0.25, -0.2) is 15.0 Å². The molecule has 138 valence electrons. The zero-order chi connectivity index (χ0) is 18.6. The number of anilines is 1. The highest BCUT2D eigenvalue weighted by Crippen LogP contribution is 2.33. The van der Waals surface area contributed by atoms with E-state index in [1.807, 2.05) is 36.6 Å². The summed E-state index contributed by atoms with van der Waals surface area (Å²) >= 11 is 3.17. The average Bonchev–Trinajstić information content (AvgIpc) is 3.34. The summed E-state index contributed by atoms with van der Waals surface area (Å²) in [6.07, 6.45) is 5.24. The van der Waals surface area contributed by atoms with Crippen molar-refractivity contribution in [2.45, 2.75) is 30.1 Å². The molecule has 3 heterocycles. The lowest BCUT2D eigenvalue weighted by Gasteiger charge is -2.16. The fourth-order valence-corrected chi connectivity index (χ4v) is 4.17. The lowest BCUT2D eigenvalue weighted by Crippen LogP contribution is -2.15. The number of nitrogens with one attached hydrogen (secondary N) is 1. The highest BCUT2D eigenvalue weighted by atomic mass is 32.2. The van der Waals surface area contributed by atoms with Gasteiger partial charge in [0, 0.05) is 6.42 Å². The number of hydrogen-bond donors (Lipinski definition) is 1. The molecule has 1 N–H and O–H groups in total. The van der Waals surface area contributed by atoms with Crippen molar-refractivity contribution < 1.29 is 4.52 Å². The van der Waals surface area contributed by atoms with Gasteiger partial charge in [-0.15, -0.1) is 11.3 Å². The summed E-state index contributed by atoms with van der Waals surface area (Å²) in [7, 11) is 0. The van der Waals surface area contributed by atoms with Crippen molar-refractivity contribution in [3.63, 3.8) is 0 Å². The molecule has 4 rings (SSSR count). The van der Waals surface area contributed by atoms with Crippen LogP contribution in [0.15, 0.2) is 45.5 Å². The molecule has 4 aromatic rings. The molecule has 0 spiro atoms. The minimum atomic E-state index is -0.279. The van der Waals surface area contributed by atoms with E-state index < -0.39 is 0 Å². The normalized spacial score (nSPS) is 12.4. The van der Waals surface area contributed by atoms with Crippen LogP contribution in [-0.2, 0) is 6.42 Å². The molecule has 0 amide bonds. The standard InChI is InChI=1S/C18H18N6OS2/c1-3-7-12-21-15(24-25-12)13(11-8-5-4-6-9-11)22-16-14-17(20-10-19-16)23-18(26-2)27-14/h4-6,8-10,13H,3,7H2,1-2H3,(H,19,20,22). The number of thioether (sulfide) groups is 1. The van der Waals surface area contributed by atoms with Crippen LogP contribution in [-0.4, -0.2) is 31.3 Å². The van der Waals surface area contributed by atoms with Gasteiger partial charge in [-0.05, 0) is 18.2 Å². The Morgan fingerprint density at radius 2 is 2.04 bits per heavy atom. The van der Waals surface area contributed by atoms with E-state index in [9.17, 15) is 0 Å². The Hall–Kier alpha value is -2.52. The Morgan fingerprint density at radius 3 is 2.81 bits per heavy atom. The number of nitrogens with zero attached hydrogens (tertiary/aromatic N) is 5. The van der Waals surface area contributed by atoms with Gasteiger partial charge in [0.05, 0.1) is 0 Å². The van der Waals surface area contributed by atoms with Crippen molar-refractivity contribution in [2.75, 3.05) is 11.6 Å². The monoisotopic (exact) mass is 398 g/mol. The van der Waals surface area contributed by atoms with Crippen LogP contribution in [0.2, 0.25) is 0 Å². The number of aromatic nitrogens is 5. The minimum absolute atomic E-state index is 0.279. The lowest BCUT2D eigenvalue weighted by molar-refractivity contribution is 0.371. The molecule has 1 atom stereocenters. The Morgan fingerprint density at radius 1 is 1.19 bits per heavy atom. The second-order valence-corrected chi connectivity index (χ2v) is 7.90. The van der Waals surface area contributed by atoms with E-state index in [-0.39, 0.29) is 6.04 Å². The predicted molar refractivity (Wildman–Crippen MR) is 107 cm³/mol. The van der Waals surface area contributed by atoms with Crippen LogP contribution >= 0.6 is 23.1 Å². The largest absolute Gasteiger partial charge is 0.355 e. The summed E-state index contributed by atoms with van der Waals surface area (Å²) < 4.78 is 7.28. The van der Waals surface area contributed by atoms with E-state index in [1.165, 1.54) is 6.33 Å². The fourth-order valence-electron chi connectivity index (χ4n) is 2.70. The van der Waals surface area contributed by atoms with Gasteiger partial charge >= 0.3 is 0 Å². The minimum Gasteiger partial charge on any atom is -0.355 e. The van der Waals surface area contributed by atoms with Gasteiger partial charge in [-0.2, -0.15) is 4.98 Å². The van der Waals surface area contributed by atoms with Crippen molar-refractivity contribution in [1.29, 1.82) is 0 Å². The molecule has 7 nitrogen and oxygen atoms in total. The Kier molecular flexibility index (Phi) is 5.30. The van der Waals surface area contributed by atoms with E-state index >= 15 is 0 Å². The first kappa shape index (κ1) is 17.9. The molecular weight excluding hydrogens is 380 g/mol. The summed E-state index contributed by atoms with van der Waals surface area (Å²) in [4.78, 5) is 17.8. The third-order valence-corrected chi connectivity index (χ3v) is 6.00. The Balaban J connectivity index is 1.74. The molecule has 0 bridgehead atoms. The van der Waals surface area contributed by atoms with Gasteiger partial charge in [0.25, 0.3) is 0 Å². The Bertz CT molecular complexity index is 1030. The van der Waals surface area contributed by atoms with Crippen LogP contribution < -0.4 is 5.32 Å². The van der Waals surface area contributed by atoms with Crippen molar-refractivity contribution in [2.24, 2.45) is 0 Å². The molecule has 1 aromatic carbocycles. The van der Waals surface area contributed by atoms with Crippen LogP contribution in [0.3, 0.4) is 0 Å². The maximum atomic E-state index is 5.41. The van der Waals surface area contributed by atoms with Crippen LogP contribution in [0.4, 0.5) is 5.82 Å². The molecule has 1 unspecified atom stereocenters. The van der Waals surface area contributed by atoms with Gasteiger partial charge < -0.3 is 9.84 Å². The number of fused-ring (bicyclic) bond motifs is 1. The molecule has 9 heteroatoms. The summed E-state index contributed by atoms with van der Waals surface area (Å²) in [5.41, 5.74) is 1.72. The molecule has 3 aromatic heterocycles. The van der Waals surface area contributed by atoms with E-state index in [4.69, 9.17) is 4.52 Å². The molecule has 0 saturated heterocycles. The first-order valence-corrected chi connectivity index (χ1v) is 10.6. The first-order valence-electron chi connectivity index (χ1n) is 8.58. The van der Waals surface area contributed by atoms with Crippen LogP contribution in [0.1, 0.15) is 36.7 Å². The second-order valence-electron chi connectivity index (χ2n) is 5.84.